The molecule has 1 N–H and O–H groups in total. The van der Waals surface area contributed by atoms with E-state index >= 15 is 0 Å². The number of carbonyl (C=O) groups is 1. The molecule has 1 aromatic carbocycles. The van der Waals surface area contributed by atoms with E-state index in [1.165, 1.54) is 0 Å². The number of benzene rings is 1. The molecule has 0 radical (unpaired) electrons. The molecule has 0 unspecified atom stereocenters. The first kappa shape index (κ1) is 15.1. The van der Waals surface area contributed by atoms with Crippen molar-refractivity contribution in [3.05, 3.63) is 60.1 Å². The Morgan fingerprint density at radius 3 is 2.62 bits per heavy atom. The van der Waals surface area contributed by atoms with Gasteiger partial charge in [0, 0.05) is 6.54 Å². The first-order chi connectivity index (χ1) is 10.3. The van der Waals surface area contributed by atoms with Crippen LogP contribution >= 0.6 is 0 Å². The average Bonchev–Trinajstić information content (AvgIpc) is 3.03. The van der Waals surface area contributed by atoms with Crippen LogP contribution in [0.4, 0.5) is 0 Å². The second-order valence-electron chi connectivity index (χ2n) is 4.90. The van der Waals surface area contributed by atoms with Gasteiger partial charge in [-0.3, -0.25) is 4.79 Å². The molecule has 0 saturated carbocycles. The summed E-state index contributed by atoms with van der Waals surface area (Å²) >= 11 is 0. The molecule has 1 aromatic heterocycles. The Hall–Kier alpha value is -2.29. The monoisotopic (exact) mass is 283 g/mol. The predicted molar refractivity (Wildman–Crippen MR) is 85.6 cm³/mol. The second kappa shape index (κ2) is 8.10. The van der Waals surface area contributed by atoms with Gasteiger partial charge in [0.25, 0.3) is 5.91 Å². The number of hydrogen-bond donors (Lipinski definition) is 1. The predicted octanol–water partition coefficient (Wildman–Crippen LogP) is 4.13. The summed E-state index contributed by atoms with van der Waals surface area (Å²) in [5, 5.41) is 2.98. The average molecular weight is 283 g/mol. The number of rotatable bonds is 7. The molecule has 0 saturated heterocycles. The molecule has 1 heterocycles. The van der Waals surface area contributed by atoms with E-state index in [0.717, 1.165) is 24.8 Å². The molecule has 0 bridgehead atoms. The summed E-state index contributed by atoms with van der Waals surface area (Å²) in [7, 11) is 0. The summed E-state index contributed by atoms with van der Waals surface area (Å²) in [6.45, 7) is 2.85. The number of carbonyl (C=O) groups excluding carboxylic acids is 1. The summed E-state index contributed by atoms with van der Waals surface area (Å²) in [6.07, 6.45) is 6.66. The lowest BCUT2D eigenvalue weighted by molar-refractivity contribution is -0.115. The van der Waals surface area contributed by atoms with Crippen LogP contribution in [0.15, 0.2) is 53.1 Å². The molecule has 1 amide bonds. The van der Waals surface area contributed by atoms with Crippen molar-refractivity contribution >= 4 is 17.6 Å². The maximum Gasteiger partial charge on any atom is 0.252 e. The lowest BCUT2D eigenvalue weighted by Gasteiger charge is -2.09. The highest BCUT2D eigenvalue weighted by molar-refractivity contribution is 6.24. The van der Waals surface area contributed by atoms with E-state index in [-0.39, 0.29) is 5.91 Å². The third-order valence-corrected chi connectivity index (χ3v) is 3.23. The molecule has 21 heavy (non-hydrogen) atoms. The van der Waals surface area contributed by atoms with Gasteiger partial charge in [-0.1, -0.05) is 50.1 Å². The molecule has 110 valence electrons. The Balaban J connectivity index is 2.15. The summed E-state index contributed by atoms with van der Waals surface area (Å²) in [4.78, 5) is 12.4. The van der Waals surface area contributed by atoms with Gasteiger partial charge in [0.15, 0.2) is 0 Å². The van der Waals surface area contributed by atoms with Crippen molar-refractivity contribution in [1.29, 1.82) is 0 Å². The van der Waals surface area contributed by atoms with Crippen LogP contribution < -0.4 is 5.32 Å². The fourth-order valence-corrected chi connectivity index (χ4v) is 2.09. The van der Waals surface area contributed by atoms with Crippen LogP contribution in [0.2, 0.25) is 0 Å². The topological polar surface area (TPSA) is 42.2 Å². The lowest BCUT2D eigenvalue weighted by Crippen LogP contribution is -2.25. The van der Waals surface area contributed by atoms with Crippen LogP contribution in [-0.4, -0.2) is 12.5 Å². The van der Waals surface area contributed by atoms with E-state index in [1.807, 2.05) is 42.5 Å². The Morgan fingerprint density at radius 1 is 1.14 bits per heavy atom. The number of unbranched alkanes of at least 4 members (excludes halogenated alkanes) is 2. The zero-order chi connectivity index (χ0) is 14.9. The zero-order valence-electron chi connectivity index (χ0n) is 12.3. The van der Waals surface area contributed by atoms with E-state index in [1.54, 1.807) is 12.3 Å². The first-order valence-electron chi connectivity index (χ1n) is 7.40. The van der Waals surface area contributed by atoms with Gasteiger partial charge in [0.1, 0.15) is 5.76 Å². The standard InChI is InChI=1S/C18H21NO2/c1-2-3-7-12-19-18(20)17(14-16-11-8-13-21-16)15-9-5-4-6-10-15/h4-6,8-11,13-14H,2-3,7,12H2,1H3,(H,19,20)/b17-14+. The molecule has 0 atom stereocenters. The van der Waals surface area contributed by atoms with Crippen LogP contribution in [0.1, 0.15) is 37.5 Å². The first-order valence-corrected chi connectivity index (χ1v) is 7.40. The van der Waals surface area contributed by atoms with Gasteiger partial charge < -0.3 is 9.73 Å². The molecule has 0 aliphatic carbocycles. The van der Waals surface area contributed by atoms with Crippen LogP contribution in [0, 0.1) is 0 Å². The number of hydrogen-bond acceptors (Lipinski definition) is 2. The van der Waals surface area contributed by atoms with E-state index in [9.17, 15) is 4.79 Å². The molecule has 3 heteroatoms. The van der Waals surface area contributed by atoms with Crippen molar-refractivity contribution in [3.63, 3.8) is 0 Å². The molecular formula is C18H21NO2. The third-order valence-electron chi connectivity index (χ3n) is 3.23. The second-order valence-corrected chi connectivity index (χ2v) is 4.90. The van der Waals surface area contributed by atoms with Gasteiger partial charge in [-0.05, 0) is 30.2 Å². The van der Waals surface area contributed by atoms with E-state index in [4.69, 9.17) is 4.42 Å². The minimum Gasteiger partial charge on any atom is -0.465 e. The Bertz CT molecular complexity index is 571. The van der Waals surface area contributed by atoms with Gasteiger partial charge in [0.2, 0.25) is 0 Å². The minimum atomic E-state index is -0.0614. The number of furan rings is 1. The Kier molecular flexibility index (Phi) is 5.83. The van der Waals surface area contributed by atoms with Crippen molar-refractivity contribution < 1.29 is 9.21 Å². The minimum absolute atomic E-state index is 0.0614. The van der Waals surface area contributed by atoms with Crippen LogP contribution in [-0.2, 0) is 4.79 Å². The Labute approximate surface area is 125 Å². The highest BCUT2D eigenvalue weighted by Gasteiger charge is 2.12. The van der Waals surface area contributed by atoms with Crippen LogP contribution in [0.25, 0.3) is 11.6 Å². The maximum absolute atomic E-state index is 12.4. The summed E-state index contributed by atoms with van der Waals surface area (Å²) in [5.41, 5.74) is 1.52. The summed E-state index contributed by atoms with van der Waals surface area (Å²) < 4.78 is 5.32. The third kappa shape index (κ3) is 4.63. The maximum atomic E-state index is 12.4. The molecular weight excluding hydrogens is 262 g/mol. The largest absolute Gasteiger partial charge is 0.465 e. The van der Waals surface area contributed by atoms with Crippen molar-refractivity contribution in [2.75, 3.05) is 6.54 Å². The van der Waals surface area contributed by atoms with E-state index in [0.29, 0.717) is 17.9 Å². The SMILES string of the molecule is CCCCCNC(=O)/C(=C/c1ccco1)c1ccccc1. The molecule has 2 aromatic rings. The van der Waals surface area contributed by atoms with Gasteiger partial charge >= 0.3 is 0 Å². The van der Waals surface area contributed by atoms with Crippen molar-refractivity contribution in [1.82, 2.24) is 5.32 Å². The quantitative estimate of drug-likeness (QED) is 0.613. The Morgan fingerprint density at radius 2 is 1.95 bits per heavy atom. The van der Waals surface area contributed by atoms with Crippen molar-refractivity contribution in [2.24, 2.45) is 0 Å². The van der Waals surface area contributed by atoms with Crippen molar-refractivity contribution in [3.8, 4) is 0 Å². The molecule has 0 aliphatic rings. The van der Waals surface area contributed by atoms with Gasteiger partial charge in [-0.2, -0.15) is 0 Å². The van der Waals surface area contributed by atoms with Gasteiger partial charge in [0.05, 0.1) is 11.8 Å². The highest BCUT2D eigenvalue weighted by atomic mass is 16.3. The molecule has 0 spiro atoms. The molecule has 0 fully saturated rings. The molecule has 0 aliphatic heterocycles. The fraction of sp³-hybridized carbons (Fsp3) is 0.278. The lowest BCUT2D eigenvalue weighted by atomic mass is 10.0. The number of nitrogens with one attached hydrogen (secondary N) is 1. The normalized spacial score (nSPS) is 11.4. The van der Waals surface area contributed by atoms with Gasteiger partial charge in [-0.15, -0.1) is 0 Å². The van der Waals surface area contributed by atoms with Crippen LogP contribution in [0.3, 0.4) is 0 Å². The van der Waals surface area contributed by atoms with Crippen molar-refractivity contribution in [2.45, 2.75) is 26.2 Å². The van der Waals surface area contributed by atoms with Gasteiger partial charge in [-0.25, -0.2) is 0 Å². The van der Waals surface area contributed by atoms with E-state index < -0.39 is 0 Å². The fourth-order valence-electron chi connectivity index (χ4n) is 2.09. The summed E-state index contributed by atoms with van der Waals surface area (Å²) in [6, 6.07) is 13.3. The zero-order valence-corrected chi connectivity index (χ0v) is 12.3. The molecule has 3 nitrogen and oxygen atoms in total. The van der Waals surface area contributed by atoms with E-state index in [2.05, 4.69) is 12.2 Å². The summed E-state index contributed by atoms with van der Waals surface area (Å²) in [5.74, 6) is 0.617. The highest BCUT2D eigenvalue weighted by Crippen LogP contribution is 2.18. The number of amides is 1. The smallest absolute Gasteiger partial charge is 0.252 e. The molecule has 2 rings (SSSR count). The van der Waals surface area contributed by atoms with Crippen LogP contribution in [0.5, 0.6) is 0 Å².